The van der Waals surface area contributed by atoms with Crippen molar-refractivity contribution in [2.75, 3.05) is 25.1 Å². The van der Waals surface area contributed by atoms with Crippen LogP contribution < -0.4 is 5.32 Å². The lowest BCUT2D eigenvalue weighted by Gasteiger charge is -2.39. The van der Waals surface area contributed by atoms with Gasteiger partial charge in [0.25, 0.3) is 0 Å². The molecule has 98 valence electrons. The van der Waals surface area contributed by atoms with E-state index in [-0.39, 0.29) is 5.41 Å². The molecule has 1 aromatic carbocycles. The lowest BCUT2D eigenvalue weighted by molar-refractivity contribution is -0.138. The van der Waals surface area contributed by atoms with Gasteiger partial charge in [0, 0.05) is 10.7 Å². The maximum Gasteiger partial charge on any atom is 0.411 e. The number of carbonyl (C=O) groups is 1. The maximum absolute atomic E-state index is 11.6. The predicted octanol–water partition coefficient (Wildman–Crippen LogP) is 3.32. The molecule has 0 aromatic heterocycles. The minimum absolute atomic E-state index is 0.0112. The first kappa shape index (κ1) is 13.2. The van der Waals surface area contributed by atoms with Crippen LogP contribution in [0.3, 0.4) is 0 Å². The number of amides is 1. The molecule has 5 heteroatoms. The summed E-state index contributed by atoms with van der Waals surface area (Å²) in [5, 5.41) is 3.28. The van der Waals surface area contributed by atoms with Gasteiger partial charge in [0.05, 0.1) is 18.6 Å². The van der Waals surface area contributed by atoms with Crippen molar-refractivity contribution in [1.82, 2.24) is 0 Å². The molecule has 0 radical (unpaired) electrons. The number of hydrogen-bond acceptors (Lipinski definition) is 3. The summed E-state index contributed by atoms with van der Waals surface area (Å²) in [4.78, 5) is 11.6. The third-order valence-electron chi connectivity index (χ3n) is 3.17. The highest BCUT2D eigenvalue weighted by Gasteiger charge is 2.38. The van der Waals surface area contributed by atoms with Gasteiger partial charge in [-0.1, -0.05) is 18.5 Å². The molecule has 0 bridgehead atoms. The molecule has 0 unspecified atom stereocenters. The van der Waals surface area contributed by atoms with Gasteiger partial charge in [-0.2, -0.15) is 0 Å². The number of benzene rings is 1. The van der Waals surface area contributed by atoms with Gasteiger partial charge in [0.2, 0.25) is 0 Å². The summed E-state index contributed by atoms with van der Waals surface area (Å²) < 4.78 is 10.4. The first-order valence-electron chi connectivity index (χ1n) is 5.91. The Balaban J connectivity index is 1.80. The summed E-state index contributed by atoms with van der Waals surface area (Å²) in [6.45, 7) is 3.79. The van der Waals surface area contributed by atoms with Crippen molar-refractivity contribution in [1.29, 1.82) is 0 Å². The average Bonchev–Trinajstić information content (AvgIpc) is 2.31. The van der Waals surface area contributed by atoms with Crippen molar-refractivity contribution in [3.05, 3.63) is 29.3 Å². The molecule has 0 spiro atoms. The van der Waals surface area contributed by atoms with Crippen LogP contribution in [0.5, 0.6) is 0 Å². The number of nitrogens with one attached hydrogen (secondary N) is 1. The van der Waals surface area contributed by atoms with Gasteiger partial charge in [-0.05, 0) is 30.7 Å². The van der Waals surface area contributed by atoms with Gasteiger partial charge in [-0.3, -0.25) is 5.32 Å². The van der Waals surface area contributed by atoms with E-state index >= 15 is 0 Å². The van der Waals surface area contributed by atoms with Crippen LogP contribution in [0.15, 0.2) is 24.3 Å². The van der Waals surface area contributed by atoms with E-state index in [2.05, 4.69) is 12.2 Å². The lowest BCUT2D eigenvalue weighted by atomic mass is 9.84. The number of halogens is 1. The Morgan fingerprint density at radius 3 is 2.61 bits per heavy atom. The smallest absolute Gasteiger partial charge is 0.411 e. The molecular formula is C13H16ClNO3. The first-order valence-corrected chi connectivity index (χ1v) is 6.28. The van der Waals surface area contributed by atoms with Crippen molar-refractivity contribution < 1.29 is 14.3 Å². The number of rotatable bonds is 4. The van der Waals surface area contributed by atoms with Crippen LogP contribution in [0.2, 0.25) is 5.02 Å². The van der Waals surface area contributed by atoms with Gasteiger partial charge >= 0.3 is 6.09 Å². The maximum atomic E-state index is 11.6. The van der Waals surface area contributed by atoms with Crippen LogP contribution in [-0.4, -0.2) is 25.9 Å². The molecular weight excluding hydrogens is 254 g/mol. The summed E-state index contributed by atoms with van der Waals surface area (Å²) in [5.41, 5.74) is 0.678. The van der Waals surface area contributed by atoms with Crippen LogP contribution in [0, 0.1) is 5.41 Å². The van der Waals surface area contributed by atoms with Crippen molar-refractivity contribution in [3.8, 4) is 0 Å². The molecule has 1 aliphatic rings. The molecule has 1 aromatic rings. The topological polar surface area (TPSA) is 47.6 Å². The van der Waals surface area contributed by atoms with E-state index < -0.39 is 6.09 Å². The van der Waals surface area contributed by atoms with Crippen molar-refractivity contribution in [2.24, 2.45) is 5.41 Å². The summed E-state index contributed by atoms with van der Waals surface area (Å²) >= 11 is 5.76. The van der Waals surface area contributed by atoms with E-state index in [0.29, 0.717) is 30.5 Å². The fraction of sp³-hybridized carbons (Fsp3) is 0.462. The van der Waals surface area contributed by atoms with Gasteiger partial charge in [0.1, 0.15) is 6.61 Å². The standard InChI is InChI=1S/C13H16ClNO3/c1-2-13(7-17-8-13)9-18-12(16)15-11-5-3-10(14)4-6-11/h3-6H,2,7-9H2,1H3,(H,15,16). The number of carbonyl (C=O) groups excluding carboxylic acids is 1. The molecule has 1 N–H and O–H groups in total. The second-order valence-electron chi connectivity index (χ2n) is 4.55. The van der Waals surface area contributed by atoms with Crippen molar-refractivity contribution >= 4 is 23.4 Å². The second kappa shape index (κ2) is 5.59. The summed E-state index contributed by atoms with van der Waals surface area (Å²) in [7, 11) is 0. The first-order chi connectivity index (χ1) is 8.63. The fourth-order valence-electron chi connectivity index (χ4n) is 1.69. The Bertz CT molecular complexity index is 409. The zero-order valence-electron chi connectivity index (χ0n) is 10.2. The summed E-state index contributed by atoms with van der Waals surface area (Å²) in [6.07, 6.45) is 0.498. The minimum Gasteiger partial charge on any atom is -0.449 e. The van der Waals surface area contributed by atoms with E-state index in [1.165, 1.54) is 0 Å². The zero-order chi connectivity index (χ0) is 13.0. The van der Waals surface area contributed by atoms with Crippen LogP contribution >= 0.6 is 11.6 Å². The van der Waals surface area contributed by atoms with E-state index in [4.69, 9.17) is 21.1 Å². The van der Waals surface area contributed by atoms with Crippen LogP contribution in [-0.2, 0) is 9.47 Å². The van der Waals surface area contributed by atoms with E-state index in [1.54, 1.807) is 24.3 Å². The Hall–Kier alpha value is -1.26. The van der Waals surface area contributed by atoms with Crippen LogP contribution in [0.1, 0.15) is 13.3 Å². The average molecular weight is 270 g/mol. The predicted molar refractivity (Wildman–Crippen MR) is 70.0 cm³/mol. The fourth-order valence-corrected chi connectivity index (χ4v) is 1.81. The van der Waals surface area contributed by atoms with Crippen molar-refractivity contribution in [2.45, 2.75) is 13.3 Å². The van der Waals surface area contributed by atoms with Crippen LogP contribution in [0.4, 0.5) is 10.5 Å². The monoisotopic (exact) mass is 269 g/mol. The van der Waals surface area contributed by atoms with E-state index in [9.17, 15) is 4.79 Å². The summed E-state index contributed by atoms with van der Waals surface area (Å²) in [5.74, 6) is 0. The molecule has 18 heavy (non-hydrogen) atoms. The van der Waals surface area contributed by atoms with Crippen LogP contribution in [0.25, 0.3) is 0 Å². The molecule has 0 atom stereocenters. The van der Waals surface area contributed by atoms with Crippen molar-refractivity contribution in [3.63, 3.8) is 0 Å². The minimum atomic E-state index is -0.447. The Kier molecular flexibility index (Phi) is 4.09. The molecule has 1 saturated heterocycles. The van der Waals surface area contributed by atoms with Gasteiger partial charge in [-0.25, -0.2) is 4.79 Å². The van der Waals surface area contributed by atoms with Gasteiger partial charge in [-0.15, -0.1) is 0 Å². The quantitative estimate of drug-likeness (QED) is 0.912. The van der Waals surface area contributed by atoms with Gasteiger partial charge < -0.3 is 9.47 Å². The number of hydrogen-bond donors (Lipinski definition) is 1. The van der Waals surface area contributed by atoms with E-state index in [1.807, 2.05) is 0 Å². The molecule has 4 nitrogen and oxygen atoms in total. The third-order valence-corrected chi connectivity index (χ3v) is 3.42. The molecule has 0 aliphatic carbocycles. The molecule has 0 saturated carbocycles. The lowest BCUT2D eigenvalue weighted by Crippen LogP contribution is -2.46. The Labute approximate surface area is 111 Å². The second-order valence-corrected chi connectivity index (χ2v) is 4.99. The largest absolute Gasteiger partial charge is 0.449 e. The normalized spacial score (nSPS) is 16.8. The SMILES string of the molecule is CCC1(COC(=O)Nc2ccc(Cl)cc2)COC1. The highest BCUT2D eigenvalue weighted by molar-refractivity contribution is 6.30. The summed E-state index contributed by atoms with van der Waals surface area (Å²) in [6, 6.07) is 6.88. The molecule has 1 heterocycles. The van der Waals surface area contributed by atoms with Gasteiger partial charge in [0.15, 0.2) is 0 Å². The van der Waals surface area contributed by atoms with E-state index in [0.717, 1.165) is 6.42 Å². The highest BCUT2D eigenvalue weighted by Crippen LogP contribution is 2.31. The number of ether oxygens (including phenoxy) is 2. The molecule has 2 rings (SSSR count). The molecule has 1 fully saturated rings. The highest BCUT2D eigenvalue weighted by atomic mass is 35.5. The Morgan fingerprint density at radius 1 is 1.44 bits per heavy atom. The molecule has 1 amide bonds. The zero-order valence-corrected chi connectivity index (χ0v) is 11.0. The number of anilines is 1. The molecule has 1 aliphatic heterocycles. The third kappa shape index (κ3) is 3.15. The Morgan fingerprint density at radius 2 is 2.11 bits per heavy atom.